The quantitative estimate of drug-likeness (QED) is 0.429. The Morgan fingerprint density at radius 3 is 2.37 bits per heavy atom. The third-order valence-electron chi connectivity index (χ3n) is 8.07. The second kappa shape index (κ2) is 11.3. The molecule has 1 aromatic carbocycles. The van der Waals surface area contributed by atoms with Crippen molar-refractivity contribution < 1.29 is 22.6 Å². The predicted molar refractivity (Wildman–Crippen MR) is 140 cm³/mol. The molecule has 2 saturated carbocycles. The maximum Gasteiger partial charge on any atom is 0.573 e. The number of ether oxygens (including phenoxy) is 2. The Bertz CT molecular complexity index is 1150. The summed E-state index contributed by atoms with van der Waals surface area (Å²) < 4.78 is 48.7. The average Bonchev–Trinajstić information content (AvgIpc) is 3.72. The normalized spacial score (nSPS) is 26.1. The topological polar surface area (TPSA) is 68.6 Å². The lowest BCUT2D eigenvalue weighted by Gasteiger charge is -2.39. The van der Waals surface area contributed by atoms with Crippen molar-refractivity contribution >= 4 is 23.0 Å². The van der Waals surface area contributed by atoms with Crippen molar-refractivity contribution in [2.75, 3.05) is 30.0 Å². The van der Waals surface area contributed by atoms with Crippen LogP contribution in [-0.4, -0.2) is 48.0 Å². The molecule has 7 nitrogen and oxygen atoms in total. The molecule has 2 heterocycles. The highest BCUT2D eigenvalue weighted by Gasteiger charge is 2.37. The zero-order valence-electron chi connectivity index (χ0n) is 21.4. The summed E-state index contributed by atoms with van der Waals surface area (Å²) in [5.74, 6) is 0.683. The SMILES string of the molecule is C[C@@H]1CCOC[C@@H]1CNc1cnn([C@H]2CC[C@H](N(c3ccc(OC(F)(F)F)cc3)C3CC3)CC2)c(=O)c1Cl. The van der Waals surface area contributed by atoms with Crippen LogP contribution < -0.4 is 20.5 Å². The molecule has 0 radical (unpaired) electrons. The molecule has 1 N–H and O–H groups in total. The molecule has 1 saturated heterocycles. The molecule has 208 valence electrons. The van der Waals surface area contributed by atoms with Gasteiger partial charge < -0.3 is 19.7 Å². The van der Waals surface area contributed by atoms with Gasteiger partial charge in [-0.3, -0.25) is 4.79 Å². The van der Waals surface area contributed by atoms with Gasteiger partial charge in [-0.2, -0.15) is 5.10 Å². The highest BCUT2D eigenvalue weighted by molar-refractivity contribution is 6.32. The van der Waals surface area contributed by atoms with Crippen LogP contribution in [0.2, 0.25) is 5.02 Å². The Labute approximate surface area is 225 Å². The molecule has 0 unspecified atom stereocenters. The maximum absolute atomic E-state index is 13.1. The third-order valence-corrected chi connectivity index (χ3v) is 8.43. The van der Waals surface area contributed by atoms with E-state index in [0.29, 0.717) is 36.7 Å². The van der Waals surface area contributed by atoms with Gasteiger partial charge in [0.15, 0.2) is 0 Å². The molecule has 0 bridgehead atoms. The summed E-state index contributed by atoms with van der Waals surface area (Å²) in [6.45, 7) is 4.38. The van der Waals surface area contributed by atoms with E-state index in [9.17, 15) is 18.0 Å². The van der Waals surface area contributed by atoms with Crippen LogP contribution in [0.3, 0.4) is 0 Å². The van der Waals surface area contributed by atoms with E-state index in [1.165, 1.54) is 16.8 Å². The van der Waals surface area contributed by atoms with Gasteiger partial charge in [0.05, 0.1) is 24.5 Å². The van der Waals surface area contributed by atoms with Crippen molar-refractivity contribution in [3.05, 3.63) is 45.8 Å². The second-order valence-corrected chi connectivity index (χ2v) is 11.1. The Morgan fingerprint density at radius 2 is 1.76 bits per heavy atom. The first kappa shape index (κ1) is 27.1. The first-order valence-electron chi connectivity index (χ1n) is 13.4. The first-order chi connectivity index (χ1) is 18.2. The van der Waals surface area contributed by atoms with E-state index in [2.05, 4.69) is 27.0 Å². The van der Waals surface area contributed by atoms with Gasteiger partial charge in [-0.1, -0.05) is 18.5 Å². The van der Waals surface area contributed by atoms with Crippen LogP contribution in [0.25, 0.3) is 0 Å². The number of halogens is 4. The molecule has 1 aliphatic heterocycles. The standard InChI is InChI=1S/C27H34ClF3N4O3/c1-17-12-13-37-16-18(17)14-32-24-15-33-35(26(36)25(24)28)22-6-4-20(5-7-22)34(19-2-3-19)21-8-10-23(11-9-21)38-27(29,30)31/h8-11,15,17-20,22,32H,2-7,12-14,16H2,1H3/t17-,18+,20-,22-/m1/s1. The van der Waals surface area contributed by atoms with E-state index >= 15 is 0 Å². The lowest BCUT2D eigenvalue weighted by Crippen LogP contribution is -2.41. The van der Waals surface area contributed by atoms with Gasteiger partial charge in [-0.05, 0) is 75.1 Å². The van der Waals surface area contributed by atoms with Crippen LogP contribution in [0.5, 0.6) is 5.75 Å². The van der Waals surface area contributed by atoms with Gasteiger partial charge >= 0.3 is 6.36 Å². The Hall–Kier alpha value is -2.46. The monoisotopic (exact) mass is 554 g/mol. The Morgan fingerprint density at radius 1 is 1.11 bits per heavy atom. The van der Waals surface area contributed by atoms with Gasteiger partial charge in [0.25, 0.3) is 5.56 Å². The molecule has 0 amide bonds. The molecule has 3 fully saturated rings. The van der Waals surface area contributed by atoms with Gasteiger partial charge in [0.1, 0.15) is 10.8 Å². The largest absolute Gasteiger partial charge is 0.573 e. The second-order valence-electron chi connectivity index (χ2n) is 10.7. The highest BCUT2D eigenvalue weighted by Crippen LogP contribution is 2.40. The van der Waals surface area contributed by atoms with Gasteiger partial charge in [0, 0.05) is 36.8 Å². The molecular formula is C27H34ClF3N4O3. The van der Waals surface area contributed by atoms with Crippen LogP contribution in [0.4, 0.5) is 24.5 Å². The van der Waals surface area contributed by atoms with Crippen molar-refractivity contribution in [2.24, 2.45) is 11.8 Å². The molecule has 38 heavy (non-hydrogen) atoms. The van der Waals surface area contributed by atoms with Crippen molar-refractivity contribution in [1.29, 1.82) is 0 Å². The molecular weight excluding hydrogens is 521 g/mol. The zero-order chi connectivity index (χ0) is 26.9. The number of nitrogens with one attached hydrogen (secondary N) is 1. The van der Waals surface area contributed by atoms with Crippen molar-refractivity contribution in [1.82, 2.24) is 9.78 Å². The summed E-state index contributed by atoms with van der Waals surface area (Å²) in [7, 11) is 0. The first-order valence-corrected chi connectivity index (χ1v) is 13.8. The third kappa shape index (κ3) is 6.39. The van der Waals surface area contributed by atoms with Crippen LogP contribution in [0.15, 0.2) is 35.3 Å². The molecule has 2 aliphatic carbocycles. The fourth-order valence-corrected chi connectivity index (χ4v) is 5.91. The Balaban J connectivity index is 1.21. The molecule has 2 aromatic rings. The van der Waals surface area contributed by atoms with Crippen LogP contribution in [-0.2, 0) is 4.74 Å². The number of aromatic nitrogens is 2. The number of alkyl halides is 3. The molecule has 5 rings (SSSR count). The number of rotatable bonds is 8. The fraction of sp³-hybridized carbons (Fsp3) is 0.630. The summed E-state index contributed by atoms with van der Waals surface area (Å²) in [4.78, 5) is 15.4. The molecule has 1 aromatic heterocycles. The van der Waals surface area contributed by atoms with Gasteiger partial charge in [0.2, 0.25) is 0 Å². The summed E-state index contributed by atoms with van der Waals surface area (Å²) in [5, 5.41) is 7.92. The van der Waals surface area contributed by atoms with Crippen molar-refractivity contribution in [2.45, 2.75) is 76.4 Å². The molecule has 2 atom stereocenters. The molecule has 3 aliphatic rings. The van der Waals surface area contributed by atoms with E-state index in [-0.39, 0.29) is 28.4 Å². The molecule has 0 spiro atoms. The summed E-state index contributed by atoms with van der Waals surface area (Å²) >= 11 is 6.48. The van der Waals surface area contributed by atoms with Gasteiger partial charge in [-0.25, -0.2) is 4.68 Å². The number of hydrogen-bond donors (Lipinski definition) is 1. The summed E-state index contributed by atoms with van der Waals surface area (Å²) in [6.07, 6.45) is 3.36. The van der Waals surface area contributed by atoms with E-state index in [1.807, 2.05) is 0 Å². The summed E-state index contributed by atoms with van der Waals surface area (Å²) in [5.41, 5.74) is 1.17. The Kier molecular flexibility index (Phi) is 8.09. The fourth-order valence-electron chi connectivity index (χ4n) is 5.71. The minimum absolute atomic E-state index is 0.0410. The van der Waals surface area contributed by atoms with E-state index in [4.69, 9.17) is 16.3 Å². The highest BCUT2D eigenvalue weighted by atomic mass is 35.5. The number of hydrogen-bond acceptors (Lipinski definition) is 6. The minimum atomic E-state index is -4.71. The lowest BCUT2D eigenvalue weighted by molar-refractivity contribution is -0.274. The maximum atomic E-state index is 13.1. The smallest absolute Gasteiger partial charge is 0.406 e. The summed E-state index contributed by atoms with van der Waals surface area (Å²) in [6, 6.07) is 6.73. The minimum Gasteiger partial charge on any atom is -0.406 e. The van der Waals surface area contributed by atoms with E-state index in [0.717, 1.165) is 57.2 Å². The number of benzene rings is 1. The van der Waals surface area contributed by atoms with Crippen molar-refractivity contribution in [3.8, 4) is 5.75 Å². The number of nitrogens with zero attached hydrogens (tertiary/aromatic N) is 3. The van der Waals surface area contributed by atoms with Gasteiger partial charge in [-0.15, -0.1) is 13.2 Å². The zero-order valence-corrected chi connectivity index (χ0v) is 22.2. The van der Waals surface area contributed by atoms with Crippen LogP contribution >= 0.6 is 11.6 Å². The number of anilines is 2. The van der Waals surface area contributed by atoms with Crippen LogP contribution in [0.1, 0.15) is 57.9 Å². The van der Waals surface area contributed by atoms with Crippen molar-refractivity contribution in [3.63, 3.8) is 0 Å². The predicted octanol–water partition coefficient (Wildman–Crippen LogP) is 6.03. The van der Waals surface area contributed by atoms with Crippen LogP contribution in [0, 0.1) is 11.8 Å². The lowest BCUT2D eigenvalue weighted by atomic mass is 9.89. The molecule has 11 heteroatoms. The van der Waals surface area contributed by atoms with E-state index in [1.54, 1.807) is 18.3 Å². The average molecular weight is 555 g/mol. The van der Waals surface area contributed by atoms with E-state index < -0.39 is 6.36 Å².